The Morgan fingerprint density at radius 1 is 1.28 bits per heavy atom. The Morgan fingerprint density at radius 2 is 2.00 bits per heavy atom. The normalized spacial score (nSPS) is 9.67. The van der Waals surface area contributed by atoms with Crippen LogP contribution in [0, 0.1) is 0 Å². The minimum absolute atomic E-state index is 0.0367. The summed E-state index contributed by atoms with van der Waals surface area (Å²) in [6.45, 7) is 5.24. The van der Waals surface area contributed by atoms with Crippen LogP contribution in [-0.2, 0) is 14.3 Å². The van der Waals surface area contributed by atoms with E-state index in [9.17, 15) is 9.59 Å². The van der Waals surface area contributed by atoms with Crippen LogP contribution >= 0.6 is 0 Å². The van der Waals surface area contributed by atoms with Crippen LogP contribution in [0.15, 0.2) is 5.11 Å². The van der Waals surface area contributed by atoms with Crippen molar-refractivity contribution in [2.45, 2.75) is 26.7 Å². The molecule has 0 aliphatic rings. The predicted octanol–water partition coefficient (Wildman–Crippen LogP) is 1.53. The lowest BCUT2D eigenvalue weighted by atomic mass is 10.3. The zero-order valence-electron chi connectivity index (χ0n) is 11.0. The number of ketones is 1. The quantitative estimate of drug-likeness (QED) is 0.256. The summed E-state index contributed by atoms with van der Waals surface area (Å²) in [5.74, 6) is 0.0391. The fourth-order valence-electron chi connectivity index (χ4n) is 1.33. The topological polar surface area (TPSA) is 95.4 Å². The SMILES string of the molecule is CC(=O)CCN(CCCOCCN=[N+]=[N-])C(C)=O. The molecule has 0 aromatic carbocycles. The van der Waals surface area contributed by atoms with Gasteiger partial charge in [-0.2, -0.15) is 0 Å². The molecule has 0 spiro atoms. The maximum atomic E-state index is 11.3. The lowest BCUT2D eigenvalue weighted by molar-refractivity contribution is -0.129. The van der Waals surface area contributed by atoms with Gasteiger partial charge in [0.15, 0.2) is 0 Å². The van der Waals surface area contributed by atoms with Crippen LogP contribution in [0.4, 0.5) is 0 Å². The zero-order chi connectivity index (χ0) is 13.8. The van der Waals surface area contributed by atoms with E-state index in [-0.39, 0.29) is 11.7 Å². The molecular formula is C11H20N4O3. The molecule has 7 heteroatoms. The number of ether oxygens (including phenoxy) is 1. The van der Waals surface area contributed by atoms with Crippen molar-refractivity contribution < 1.29 is 14.3 Å². The van der Waals surface area contributed by atoms with E-state index in [4.69, 9.17) is 10.3 Å². The van der Waals surface area contributed by atoms with E-state index in [0.717, 1.165) is 0 Å². The van der Waals surface area contributed by atoms with Crippen LogP contribution in [-0.4, -0.2) is 49.4 Å². The van der Waals surface area contributed by atoms with Crippen molar-refractivity contribution in [3.05, 3.63) is 10.4 Å². The fraction of sp³-hybridized carbons (Fsp3) is 0.818. The molecule has 0 atom stereocenters. The van der Waals surface area contributed by atoms with Crippen molar-refractivity contribution >= 4 is 11.7 Å². The number of hydrogen-bond acceptors (Lipinski definition) is 4. The number of rotatable bonds is 10. The Kier molecular flexibility index (Phi) is 9.62. The molecule has 0 unspecified atom stereocenters. The Hall–Kier alpha value is -1.59. The fourth-order valence-corrected chi connectivity index (χ4v) is 1.33. The summed E-state index contributed by atoms with van der Waals surface area (Å²) < 4.78 is 5.22. The van der Waals surface area contributed by atoms with E-state index in [2.05, 4.69) is 10.0 Å². The molecule has 0 aromatic heterocycles. The Labute approximate surface area is 107 Å². The van der Waals surface area contributed by atoms with Crippen molar-refractivity contribution in [1.29, 1.82) is 0 Å². The smallest absolute Gasteiger partial charge is 0.219 e. The Balaban J connectivity index is 3.67. The number of carbonyl (C=O) groups is 2. The van der Waals surface area contributed by atoms with Gasteiger partial charge in [-0.25, -0.2) is 0 Å². The van der Waals surface area contributed by atoms with Crippen molar-refractivity contribution in [3.8, 4) is 0 Å². The second-order valence-electron chi connectivity index (χ2n) is 3.88. The zero-order valence-corrected chi connectivity index (χ0v) is 11.0. The van der Waals surface area contributed by atoms with Gasteiger partial charge in [0.2, 0.25) is 5.91 Å². The van der Waals surface area contributed by atoms with Crippen LogP contribution < -0.4 is 0 Å². The van der Waals surface area contributed by atoms with Gasteiger partial charge in [-0.05, 0) is 18.9 Å². The van der Waals surface area contributed by atoms with Gasteiger partial charge >= 0.3 is 0 Å². The number of nitrogens with zero attached hydrogens (tertiary/aromatic N) is 4. The number of amides is 1. The largest absolute Gasteiger partial charge is 0.381 e. The molecular weight excluding hydrogens is 236 g/mol. The minimum atomic E-state index is -0.0367. The van der Waals surface area contributed by atoms with Gasteiger partial charge in [0.05, 0.1) is 6.61 Å². The third-order valence-electron chi connectivity index (χ3n) is 2.29. The van der Waals surface area contributed by atoms with Crippen molar-refractivity contribution in [2.24, 2.45) is 5.11 Å². The number of Topliss-reactive ketones (excluding diaryl/α,β-unsaturated/α-hetero) is 1. The molecule has 0 aliphatic carbocycles. The molecule has 0 bridgehead atoms. The van der Waals surface area contributed by atoms with Gasteiger partial charge in [0.1, 0.15) is 5.78 Å². The van der Waals surface area contributed by atoms with Gasteiger partial charge in [0, 0.05) is 44.5 Å². The number of hydrogen-bond donors (Lipinski definition) is 0. The molecule has 0 N–H and O–H groups in total. The molecule has 0 fully saturated rings. The molecule has 0 rings (SSSR count). The van der Waals surface area contributed by atoms with Crippen molar-refractivity contribution in [1.82, 2.24) is 4.90 Å². The van der Waals surface area contributed by atoms with Crippen LogP contribution in [0.1, 0.15) is 26.7 Å². The molecule has 0 heterocycles. The second-order valence-corrected chi connectivity index (χ2v) is 3.88. The van der Waals surface area contributed by atoms with Crippen LogP contribution in [0.2, 0.25) is 0 Å². The first-order chi connectivity index (χ1) is 8.57. The molecule has 0 aliphatic heterocycles. The van der Waals surface area contributed by atoms with E-state index in [1.54, 1.807) is 4.90 Å². The van der Waals surface area contributed by atoms with Gasteiger partial charge in [-0.1, -0.05) is 5.11 Å². The highest BCUT2D eigenvalue weighted by atomic mass is 16.5. The van der Waals surface area contributed by atoms with E-state index in [1.807, 2.05) is 0 Å². The summed E-state index contributed by atoms with van der Waals surface area (Å²) in [5, 5.41) is 3.34. The molecule has 0 aromatic rings. The Bertz CT molecular complexity index is 313. The van der Waals surface area contributed by atoms with E-state index in [1.165, 1.54) is 13.8 Å². The maximum Gasteiger partial charge on any atom is 0.219 e. The van der Waals surface area contributed by atoms with E-state index in [0.29, 0.717) is 45.7 Å². The minimum Gasteiger partial charge on any atom is -0.381 e. The van der Waals surface area contributed by atoms with Gasteiger partial charge in [0.25, 0.3) is 0 Å². The maximum absolute atomic E-state index is 11.3. The molecule has 0 saturated heterocycles. The first-order valence-corrected chi connectivity index (χ1v) is 5.91. The molecule has 0 saturated carbocycles. The third-order valence-corrected chi connectivity index (χ3v) is 2.29. The monoisotopic (exact) mass is 256 g/mol. The average Bonchev–Trinajstić information content (AvgIpc) is 2.31. The molecule has 0 radical (unpaired) electrons. The first-order valence-electron chi connectivity index (χ1n) is 5.91. The standard InChI is InChI=1S/C11H20N4O3/c1-10(16)4-7-15(11(2)17)6-3-8-18-9-5-13-14-12/h3-9H2,1-2H3. The van der Waals surface area contributed by atoms with Crippen LogP contribution in [0.5, 0.6) is 0 Å². The molecule has 18 heavy (non-hydrogen) atoms. The number of azide groups is 1. The summed E-state index contributed by atoms with van der Waals surface area (Å²) in [5.41, 5.74) is 8.04. The van der Waals surface area contributed by atoms with Gasteiger partial charge in [-0.3, -0.25) is 9.59 Å². The number of carbonyl (C=O) groups excluding carboxylic acids is 2. The highest BCUT2D eigenvalue weighted by molar-refractivity contribution is 5.77. The highest BCUT2D eigenvalue weighted by Crippen LogP contribution is 1.97. The third kappa shape index (κ3) is 9.62. The van der Waals surface area contributed by atoms with Crippen molar-refractivity contribution in [3.63, 3.8) is 0 Å². The van der Waals surface area contributed by atoms with Crippen LogP contribution in [0.25, 0.3) is 10.4 Å². The highest BCUT2D eigenvalue weighted by Gasteiger charge is 2.08. The summed E-state index contributed by atoms with van der Waals surface area (Å²) in [6.07, 6.45) is 1.09. The summed E-state index contributed by atoms with van der Waals surface area (Å²) >= 11 is 0. The van der Waals surface area contributed by atoms with Crippen molar-refractivity contribution in [2.75, 3.05) is 32.8 Å². The van der Waals surface area contributed by atoms with E-state index < -0.39 is 0 Å². The lowest BCUT2D eigenvalue weighted by Crippen LogP contribution is -2.32. The molecule has 1 amide bonds. The molecule has 7 nitrogen and oxygen atoms in total. The second kappa shape index (κ2) is 10.6. The van der Waals surface area contributed by atoms with Crippen LogP contribution in [0.3, 0.4) is 0 Å². The van der Waals surface area contributed by atoms with Gasteiger partial charge in [-0.15, -0.1) is 0 Å². The average molecular weight is 256 g/mol. The predicted molar refractivity (Wildman–Crippen MR) is 67.0 cm³/mol. The Morgan fingerprint density at radius 3 is 2.56 bits per heavy atom. The van der Waals surface area contributed by atoms with Gasteiger partial charge < -0.3 is 9.64 Å². The lowest BCUT2D eigenvalue weighted by Gasteiger charge is -2.20. The summed E-state index contributed by atoms with van der Waals surface area (Å²) in [4.78, 5) is 26.4. The first kappa shape index (κ1) is 16.4. The molecule has 102 valence electrons. The summed E-state index contributed by atoms with van der Waals surface area (Å²) in [7, 11) is 0. The summed E-state index contributed by atoms with van der Waals surface area (Å²) in [6, 6.07) is 0. The van der Waals surface area contributed by atoms with E-state index >= 15 is 0 Å².